The van der Waals surface area contributed by atoms with Gasteiger partial charge in [-0.15, -0.1) is 0 Å². The second-order valence-electron chi connectivity index (χ2n) is 10.9. The van der Waals surface area contributed by atoms with Gasteiger partial charge in [0.15, 0.2) is 0 Å². The normalized spacial score (nSPS) is 23.7. The Morgan fingerprint density at radius 3 is 2.30 bits per heavy atom. The highest BCUT2D eigenvalue weighted by Gasteiger charge is 2.36. The van der Waals surface area contributed by atoms with E-state index in [-0.39, 0.29) is 23.1 Å². The Hall–Kier alpha value is -2.87. The zero-order valence-corrected chi connectivity index (χ0v) is 22.7. The molecule has 0 aromatic heterocycles. The predicted molar refractivity (Wildman–Crippen MR) is 145 cm³/mol. The molecular weight excluding hydrogens is 488 g/mol. The van der Waals surface area contributed by atoms with Gasteiger partial charge in [-0.3, -0.25) is 9.69 Å². The van der Waals surface area contributed by atoms with Crippen molar-refractivity contribution in [3.8, 4) is 5.75 Å². The highest BCUT2D eigenvalue weighted by Crippen LogP contribution is 2.42. The molecule has 2 aromatic carbocycles. The maximum Gasteiger partial charge on any atom is 0.419 e. The fourth-order valence-electron chi connectivity index (χ4n) is 6.30. The molecule has 5 rings (SSSR count). The zero-order chi connectivity index (χ0) is 26.3. The third-order valence-corrected chi connectivity index (χ3v) is 9.96. The number of hydrogen-bond acceptors (Lipinski definition) is 5. The molecule has 7 nitrogen and oxygen atoms in total. The lowest BCUT2D eigenvalue weighted by Crippen LogP contribution is -2.52. The van der Waals surface area contributed by atoms with E-state index in [0.717, 1.165) is 37.7 Å². The smallest absolute Gasteiger partial charge is 0.410 e. The summed E-state index contributed by atoms with van der Waals surface area (Å²) < 4.78 is 29.9. The first-order chi connectivity index (χ1) is 17.6. The van der Waals surface area contributed by atoms with E-state index in [1.807, 2.05) is 37.3 Å². The minimum absolute atomic E-state index is 0.0714. The average molecular weight is 525 g/mol. The number of ether oxygens (including phenoxy) is 1. The molecule has 0 bridgehead atoms. The first-order valence-electron chi connectivity index (χ1n) is 13.4. The quantitative estimate of drug-likeness (QED) is 0.537. The van der Waals surface area contributed by atoms with Crippen LogP contribution in [0.3, 0.4) is 0 Å². The van der Waals surface area contributed by atoms with Crippen LogP contribution in [0.2, 0.25) is 0 Å². The largest absolute Gasteiger partial charge is 0.419 e. The molecule has 1 aliphatic heterocycles. The molecule has 2 aliphatic carbocycles. The van der Waals surface area contributed by atoms with Crippen molar-refractivity contribution in [3.63, 3.8) is 0 Å². The van der Waals surface area contributed by atoms with E-state index >= 15 is 0 Å². The Labute approximate surface area is 219 Å². The Kier molecular flexibility index (Phi) is 7.05. The minimum atomic E-state index is -3.04. The van der Waals surface area contributed by atoms with E-state index in [2.05, 4.69) is 6.07 Å². The Morgan fingerprint density at radius 2 is 1.62 bits per heavy atom. The van der Waals surface area contributed by atoms with Gasteiger partial charge in [0.2, 0.25) is 5.91 Å². The third kappa shape index (κ3) is 5.26. The number of sulfone groups is 1. The van der Waals surface area contributed by atoms with Crippen molar-refractivity contribution in [2.75, 3.05) is 22.6 Å². The lowest BCUT2D eigenvalue weighted by Gasteiger charge is -2.40. The maximum absolute atomic E-state index is 13.5. The van der Waals surface area contributed by atoms with E-state index in [1.54, 1.807) is 16.7 Å². The van der Waals surface area contributed by atoms with Crippen LogP contribution >= 0.6 is 0 Å². The Bertz CT molecular complexity index is 1310. The number of nitrogens with zero attached hydrogens (tertiary/aromatic N) is 2. The van der Waals surface area contributed by atoms with Gasteiger partial charge in [-0.25, -0.2) is 13.2 Å². The molecule has 0 radical (unpaired) electrons. The SMILES string of the molecule is CC(=O)N1c2ccc(C3CCC(S(C)(=O)=O)CC3)cc2N(C(=O)Oc2ccc3c(c2)CCCC3)C[C@@H]1C. The van der Waals surface area contributed by atoms with Gasteiger partial charge in [-0.2, -0.15) is 0 Å². The van der Waals surface area contributed by atoms with Gasteiger partial charge in [0.25, 0.3) is 0 Å². The molecule has 8 heteroatoms. The summed E-state index contributed by atoms with van der Waals surface area (Å²) >= 11 is 0. The van der Waals surface area contributed by atoms with Crippen molar-refractivity contribution in [1.82, 2.24) is 0 Å². The van der Waals surface area contributed by atoms with Crippen LogP contribution in [-0.4, -0.2) is 44.5 Å². The first-order valence-corrected chi connectivity index (χ1v) is 15.3. The van der Waals surface area contributed by atoms with Gasteiger partial charge in [-0.05, 0) is 105 Å². The van der Waals surface area contributed by atoms with Crippen LogP contribution in [0.1, 0.15) is 75.0 Å². The third-order valence-electron chi connectivity index (χ3n) is 8.27. The number of benzene rings is 2. The van der Waals surface area contributed by atoms with Crippen molar-refractivity contribution in [2.45, 2.75) is 82.4 Å². The van der Waals surface area contributed by atoms with Crippen LogP contribution < -0.4 is 14.5 Å². The number of anilines is 2. The summed E-state index contributed by atoms with van der Waals surface area (Å²) in [4.78, 5) is 29.4. The summed E-state index contributed by atoms with van der Waals surface area (Å²) in [7, 11) is -3.04. The van der Waals surface area contributed by atoms with Crippen LogP contribution in [0, 0.1) is 0 Å². The van der Waals surface area contributed by atoms with Gasteiger partial charge in [0.05, 0.1) is 22.7 Å². The second kappa shape index (κ2) is 10.1. The van der Waals surface area contributed by atoms with Crippen LogP contribution in [0.4, 0.5) is 16.2 Å². The monoisotopic (exact) mass is 524 g/mol. The number of carbonyl (C=O) groups is 2. The van der Waals surface area contributed by atoms with Gasteiger partial charge < -0.3 is 9.64 Å². The molecule has 0 N–H and O–H groups in total. The summed E-state index contributed by atoms with van der Waals surface area (Å²) in [6.07, 6.45) is 8.12. The molecule has 1 atom stereocenters. The van der Waals surface area contributed by atoms with Crippen molar-refractivity contribution >= 4 is 33.2 Å². The van der Waals surface area contributed by atoms with Crippen LogP contribution in [0.25, 0.3) is 0 Å². The summed E-state index contributed by atoms with van der Waals surface area (Å²) in [5.41, 5.74) is 5.01. The highest BCUT2D eigenvalue weighted by molar-refractivity contribution is 7.91. The van der Waals surface area contributed by atoms with Gasteiger partial charge in [-0.1, -0.05) is 12.1 Å². The molecule has 1 heterocycles. The Morgan fingerprint density at radius 1 is 0.919 bits per heavy atom. The van der Waals surface area contributed by atoms with Crippen molar-refractivity contribution < 1.29 is 22.7 Å². The van der Waals surface area contributed by atoms with Crippen LogP contribution in [0.15, 0.2) is 36.4 Å². The molecule has 2 aromatic rings. The fourth-order valence-corrected chi connectivity index (χ4v) is 7.43. The van der Waals surface area contributed by atoms with Crippen molar-refractivity contribution in [2.24, 2.45) is 0 Å². The lowest BCUT2D eigenvalue weighted by atomic mass is 9.83. The lowest BCUT2D eigenvalue weighted by molar-refractivity contribution is -0.117. The summed E-state index contributed by atoms with van der Waals surface area (Å²) in [6, 6.07) is 11.7. The minimum Gasteiger partial charge on any atom is -0.410 e. The molecule has 3 aliphatic rings. The highest BCUT2D eigenvalue weighted by atomic mass is 32.2. The van der Waals surface area contributed by atoms with Gasteiger partial charge in [0, 0.05) is 19.7 Å². The molecular formula is C29H36N2O5S. The maximum atomic E-state index is 13.5. The molecule has 1 saturated carbocycles. The van der Waals surface area contributed by atoms with Gasteiger partial charge >= 0.3 is 6.09 Å². The molecule has 37 heavy (non-hydrogen) atoms. The molecule has 0 saturated heterocycles. The van der Waals surface area contributed by atoms with Gasteiger partial charge in [0.1, 0.15) is 15.6 Å². The van der Waals surface area contributed by atoms with E-state index in [9.17, 15) is 18.0 Å². The number of rotatable bonds is 3. The topological polar surface area (TPSA) is 84.0 Å². The summed E-state index contributed by atoms with van der Waals surface area (Å²) in [6.45, 7) is 3.81. The summed E-state index contributed by atoms with van der Waals surface area (Å²) in [5.74, 6) is 0.689. The molecule has 2 amide bonds. The average Bonchev–Trinajstić information content (AvgIpc) is 2.87. The zero-order valence-electron chi connectivity index (χ0n) is 21.9. The van der Waals surface area contributed by atoms with Crippen LogP contribution in [0.5, 0.6) is 5.75 Å². The van der Waals surface area contributed by atoms with E-state index in [4.69, 9.17) is 4.74 Å². The molecule has 198 valence electrons. The number of fused-ring (bicyclic) bond motifs is 2. The number of aryl methyl sites for hydroxylation is 2. The Balaban J connectivity index is 1.42. The second-order valence-corrected chi connectivity index (χ2v) is 13.2. The van der Waals surface area contributed by atoms with Crippen LogP contribution in [-0.2, 0) is 27.5 Å². The first kappa shape index (κ1) is 25.8. The van der Waals surface area contributed by atoms with E-state index in [0.29, 0.717) is 36.5 Å². The van der Waals surface area contributed by atoms with Crippen molar-refractivity contribution in [3.05, 3.63) is 53.1 Å². The van der Waals surface area contributed by atoms with E-state index in [1.165, 1.54) is 23.8 Å². The number of amides is 2. The molecule has 0 spiro atoms. The summed E-state index contributed by atoms with van der Waals surface area (Å²) in [5, 5.41) is -0.279. The number of carbonyl (C=O) groups excluding carboxylic acids is 2. The van der Waals surface area contributed by atoms with Crippen molar-refractivity contribution in [1.29, 1.82) is 0 Å². The predicted octanol–water partition coefficient (Wildman–Crippen LogP) is 5.40. The van der Waals surface area contributed by atoms with E-state index < -0.39 is 15.9 Å². The number of hydrogen-bond donors (Lipinski definition) is 0. The fraction of sp³-hybridized carbons (Fsp3) is 0.517. The standard InChI is InChI=1S/C29H36N2O5S/c1-19-18-30(29(33)36-25-12-8-21-6-4-5-7-23(21)16-25)28-17-24(11-15-27(28)31(19)20(2)32)22-9-13-26(14-10-22)37(3,34)35/h8,11-12,15-17,19,22,26H,4-7,9-10,13-14,18H2,1-3H3/t19-,22?,26?/m0/s1. The molecule has 0 unspecified atom stereocenters. The molecule has 1 fully saturated rings.